The first-order valence-corrected chi connectivity index (χ1v) is 11.5. The lowest BCUT2D eigenvalue weighted by Crippen LogP contribution is -2.39. The third kappa shape index (κ3) is 6.16. The third-order valence-electron chi connectivity index (χ3n) is 4.65. The van der Waals surface area contributed by atoms with Gasteiger partial charge in [0.1, 0.15) is 5.75 Å². The molecule has 3 aromatic rings. The standard InChI is InChI=1S/C23H22ClN3O4S/c1-17-5-2-3-7-19(17)15-27(32(30,31)22-11-9-20(24)10-12-22)16-23(29)26-25-14-18-6-4-8-21(28)13-18/h2-14,28H,15-16H2,1H3,(H,26,29)/b25-14-. The second-order valence-corrected chi connectivity index (χ2v) is 9.42. The van der Waals surface area contributed by atoms with Crippen molar-refractivity contribution in [3.8, 4) is 5.75 Å². The van der Waals surface area contributed by atoms with Crippen molar-refractivity contribution in [3.05, 3.63) is 94.5 Å². The molecule has 3 rings (SSSR count). The molecule has 0 spiro atoms. The maximum Gasteiger partial charge on any atom is 0.255 e. The van der Waals surface area contributed by atoms with Crippen LogP contribution < -0.4 is 5.43 Å². The number of hydrogen-bond acceptors (Lipinski definition) is 5. The van der Waals surface area contributed by atoms with Crippen molar-refractivity contribution in [1.29, 1.82) is 0 Å². The molecule has 0 heterocycles. The molecular weight excluding hydrogens is 450 g/mol. The minimum Gasteiger partial charge on any atom is -0.508 e. The number of carbonyl (C=O) groups is 1. The molecule has 0 atom stereocenters. The lowest BCUT2D eigenvalue weighted by atomic mass is 10.1. The van der Waals surface area contributed by atoms with Gasteiger partial charge in [-0.15, -0.1) is 0 Å². The molecule has 32 heavy (non-hydrogen) atoms. The number of hydrazone groups is 1. The summed E-state index contributed by atoms with van der Waals surface area (Å²) in [4.78, 5) is 12.6. The van der Waals surface area contributed by atoms with Gasteiger partial charge in [-0.3, -0.25) is 4.79 Å². The number of rotatable bonds is 8. The molecule has 2 N–H and O–H groups in total. The summed E-state index contributed by atoms with van der Waals surface area (Å²) >= 11 is 5.89. The fourth-order valence-corrected chi connectivity index (χ4v) is 4.44. The lowest BCUT2D eigenvalue weighted by Gasteiger charge is -2.22. The molecule has 0 aliphatic heterocycles. The van der Waals surface area contributed by atoms with Crippen LogP contribution in [0.15, 0.2) is 82.8 Å². The van der Waals surface area contributed by atoms with E-state index < -0.39 is 22.5 Å². The van der Waals surface area contributed by atoms with Gasteiger partial charge in [-0.1, -0.05) is 48.0 Å². The second-order valence-electron chi connectivity index (χ2n) is 7.04. The van der Waals surface area contributed by atoms with Gasteiger partial charge in [-0.2, -0.15) is 9.41 Å². The summed E-state index contributed by atoms with van der Waals surface area (Å²) in [5.41, 5.74) is 4.60. The molecule has 0 radical (unpaired) electrons. The van der Waals surface area contributed by atoms with Crippen LogP contribution in [0.3, 0.4) is 0 Å². The summed E-state index contributed by atoms with van der Waals surface area (Å²) in [7, 11) is -3.98. The van der Waals surface area contributed by atoms with E-state index in [0.717, 1.165) is 15.4 Å². The van der Waals surface area contributed by atoms with Crippen molar-refractivity contribution in [1.82, 2.24) is 9.73 Å². The Bertz CT molecular complexity index is 1230. The molecule has 0 unspecified atom stereocenters. The molecule has 0 aliphatic rings. The largest absolute Gasteiger partial charge is 0.508 e. The number of hydrogen-bond donors (Lipinski definition) is 2. The van der Waals surface area contributed by atoms with Gasteiger partial charge in [0, 0.05) is 11.6 Å². The van der Waals surface area contributed by atoms with Crippen LogP contribution in [-0.4, -0.2) is 36.5 Å². The van der Waals surface area contributed by atoms with Gasteiger partial charge in [-0.25, -0.2) is 13.8 Å². The van der Waals surface area contributed by atoms with Crippen molar-refractivity contribution < 1.29 is 18.3 Å². The zero-order valence-electron chi connectivity index (χ0n) is 17.3. The molecule has 1 amide bonds. The average Bonchev–Trinajstić information content (AvgIpc) is 2.75. The molecule has 0 aliphatic carbocycles. The maximum atomic E-state index is 13.3. The average molecular weight is 472 g/mol. The normalized spacial score (nSPS) is 11.7. The topological polar surface area (TPSA) is 99.1 Å². The van der Waals surface area contributed by atoms with E-state index in [0.29, 0.717) is 10.6 Å². The minimum absolute atomic E-state index is 0.0152. The van der Waals surface area contributed by atoms with E-state index in [1.54, 1.807) is 12.1 Å². The van der Waals surface area contributed by atoms with Gasteiger partial charge in [-0.05, 0) is 60.0 Å². The van der Waals surface area contributed by atoms with E-state index in [-0.39, 0.29) is 17.2 Å². The number of aryl methyl sites for hydroxylation is 1. The molecular formula is C23H22ClN3O4S. The van der Waals surface area contributed by atoms with Crippen LogP contribution in [0.2, 0.25) is 5.02 Å². The lowest BCUT2D eigenvalue weighted by molar-refractivity contribution is -0.121. The van der Waals surface area contributed by atoms with E-state index in [9.17, 15) is 18.3 Å². The Kier molecular flexibility index (Phi) is 7.63. The number of aromatic hydroxyl groups is 1. The van der Waals surface area contributed by atoms with Crippen LogP contribution in [-0.2, 0) is 21.4 Å². The monoisotopic (exact) mass is 471 g/mol. The van der Waals surface area contributed by atoms with Gasteiger partial charge >= 0.3 is 0 Å². The molecule has 7 nitrogen and oxygen atoms in total. The van der Waals surface area contributed by atoms with Crippen molar-refractivity contribution in [2.24, 2.45) is 5.10 Å². The summed E-state index contributed by atoms with van der Waals surface area (Å²) < 4.78 is 27.6. The minimum atomic E-state index is -3.98. The number of amides is 1. The molecule has 0 fully saturated rings. The van der Waals surface area contributed by atoms with E-state index in [1.165, 1.54) is 42.6 Å². The Morgan fingerprint density at radius 1 is 1.09 bits per heavy atom. The quantitative estimate of drug-likeness (QED) is 0.386. The van der Waals surface area contributed by atoms with Crippen LogP contribution in [0.5, 0.6) is 5.75 Å². The Hall–Kier alpha value is -3.20. The van der Waals surface area contributed by atoms with Gasteiger partial charge in [0.2, 0.25) is 10.0 Å². The van der Waals surface area contributed by atoms with Gasteiger partial charge in [0.25, 0.3) is 5.91 Å². The molecule has 9 heteroatoms. The highest BCUT2D eigenvalue weighted by atomic mass is 35.5. The summed E-state index contributed by atoms with van der Waals surface area (Å²) in [5, 5.41) is 13.8. The summed E-state index contributed by atoms with van der Waals surface area (Å²) in [6.45, 7) is 1.46. The van der Waals surface area contributed by atoms with Crippen molar-refractivity contribution in [3.63, 3.8) is 0 Å². The first kappa shape index (κ1) is 23.5. The molecule has 0 aromatic heterocycles. The summed E-state index contributed by atoms with van der Waals surface area (Å²) in [5.74, 6) is -0.536. The number of phenols is 1. The Balaban J connectivity index is 1.81. The van der Waals surface area contributed by atoms with E-state index in [2.05, 4.69) is 10.5 Å². The number of phenolic OH excluding ortho intramolecular Hbond substituents is 1. The summed E-state index contributed by atoms with van der Waals surface area (Å²) in [6.07, 6.45) is 1.36. The summed E-state index contributed by atoms with van der Waals surface area (Å²) in [6, 6.07) is 19.5. The fourth-order valence-electron chi connectivity index (χ4n) is 2.94. The SMILES string of the molecule is Cc1ccccc1CN(CC(=O)N/N=C\c1cccc(O)c1)S(=O)(=O)c1ccc(Cl)cc1. The van der Waals surface area contributed by atoms with Gasteiger partial charge in [0.05, 0.1) is 17.7 Å². The van der Waals surface area contributed by atoms with Crippen molar-refractivity contribution in [2.75, 3.05) is 6.54 Å². The van der Waals surface area contributed by atoms with Crippen LogP contribution in [0.4, 0.5) is 0 Å². The highest BCUT2D eigenvalue weighted by molar-refractivity contribution is 7.89. The number of sulfonamides is 1. The molecule has 0 saturated heterocycles. The van der Waals surface area contributed by atoms with Crippen molar-refractivity contribution in [2.45, 2.75) is 18.4 Å². The number of nitrogens with one attached hydrogen (secondary N) is 1. The van der Waals surface area contributed by atoms with Crippen LogP contribution >= 0.6 is 11.6 Å². The number of carbonyl (C=O) groups excluding carboxylic acids is 1. The molecule has 3 aromatic carbocycles. The highest BCUT2D eigenvalue weighted by Gasteiger charge is 2.27. The Morgan fingerprint density at radius 2 is 1.81 bits per heavy atom. The predicted octanol–water partition coefficient (Wildman–Crippen LogP) is 3.70. The zero-order chi connectivity index (χ0) is 23.1. The molecule has 0 bridgehead atoms. The first-order chi connectivity index (χ1) is 15.3. The Morgan fingerprint density at radius 3 is 2.50 bits per heavy atom. The number of benzene rings is 3. The van der Waals surface area contributed by atoms with Crippen LogP contribution in [0.1, 0.15) is 16.7 Å². The smallest absolute Gasteiger partial charge is 0.255 e. The van der Waals surface area contributed by atoms with Crippen LogP contribution in [0.25, 0.3) is 0 Å². The predicted molar refractivity (Wildman–Crippen MR) is 124 cm³/mol. The second kappa shape index (κ2) is 10.4. The molecule has 166 valence electrons. The zero-order valence-corrected chi connectivity index (χ0v) is 18.8. The molecule has 0 saturated carbocycles. The first-order valence-electron chi connectivity index (χ1n) is 9.67. The highest BCUT2D eigenvalue weighted by Crippen LogP contribution is 2.21. The van der Waals surface area contributed by atoms with Crippen LogP contribution in [0, 0.1) is 6.92 Å². The van der Waals surface area contributed by atoms with E-state index in [4.69, 9.17) is 11.6 Å². The maximum absolute atomic E-state index is 13.3. The number of halogens is 1. The van der Waals surface area contributed by atoms with Gasteiger partial charge < -0.3 is 5.11 Å². The fraction of sp³-hybridized carbons (Fsp3) is 0.130. The van der Waals surface area contributed by atoms with Crippen molar-refractivity contribution >= 4 is 33.7 Å². The van der Waals surface area contributed by atoms with Gasteiger partial charge in [0.15, 0.2) is 0 Å². The number of nitrogens with zero attached hydrogens (tertiary/aromatic N) is 2. The third-order valence-corrected chi connectivity index (χ3v) is 6.71. The van der Waals surface area contributed by atoms with E-state index in [1.807, 2.05) is 31.2 Å². The van der Waals surface area contributed by atoms with E-state index >= 15 is 0 Å². The Labute approximate surface area is 192 Å².